The van der Waals surface area contributed by atoms with Gasteiger partial charge >= 0.3 is 11.9 Å². The number of methoxy groups -OCH3 is 2. The maximum absolute atomic E-state index is 11.5. The molecule has 0 aromatic heterocycles. The van der Waals surface area contributed by atoms with E-state index in [0.717, 1.165) is 13.1 Å². The van der Waals surface area contributed by atoms with Gasteiger partial charge in [0.25, 0.3) is 0 Å². The summed E-state index contributed by atoms with van der Waals surface area (Å²) in [5.74, 6) is -0.751. The van der Waals surface area contributed by atoms with Crippen LogP contribution in [-0.4, -0.2) is 39.2 Å². The van der Waals surface area contributed by atoms with Gasteiger partial charge in [-0.2, -0.15) is 0 Å². The van der Waals surface area contributed by atoms with Gasteiger partial charge in [-0.15, -0.1) is 0 Å². The molecule has 1 aliphatic carbocycles. The van der Waals surface area contributed by atoms with E-state index in [1.54, 1.807) is 0 Å². The normalized spacial score (nSPS) is 37.7. The average molecular weight is 213 g/mol. The van der Waals surface area contributed by atoms with Gasteiger partial charge in [0, 0.05) is 0 Å². The van der Waals surface area contributed by atoms with Gasteiger partial charge < -0.3 is 14.8 Å². The van der Waals surface area contributed by atoms with Crippen molar-refractivity contribution < 1.29 is 19.1 Å². The third-order valence-electron chi connectivity index (χ3n) is 3.57. The van der Waals surface area contributed by atoms with Gasteiger partial charge in [0.2, 0.25) is 0 Å². The van der Waals surface area contributed by atoms with Crippen LogP contribution in [-0.2, 0) is 19.1 Å². The van der Waals surface area contributed by atoms with Crippen molar-refractivity contribution in [3.63, 3.8) is 0 Å². The largest absolute Gasteiger partial charge is 0.469 e. The fourth-order valence-electron chi connectivity index (χ4n) is 2.81. The Hall–Kier alpha value is -1.10. The molecule has 1 aliphatic heterocycles. The molecule has 84 valence electrons. The number of nitrogens with one attached hydrogen (secondary N) is 1. The highest BCUT2D eigenvalue weighted by atomic mass is 16.5. The number of esters is 2. The third-order valence-corrected chi connectivity index (χ3v) is 3.57. The van der Waals surface area contributed by atoms with E-state index in [1.807, 2.05) is 0 Å². The van der Waals surface area contributed by atoms with Crippen LogP contribution in [0.25, 0.3) is 0 Å². The van der Waals surface area contributed by atoms with E-state index in [-0.39, 0.29) is 35.6 Å². The smallest absolute Gasteiger partial charge is 0.309 e. The molecule has 1 saturated carbocycles. The first-order valence-electron chi connectivity index (χ1n) is 5.07. The van der Waals surface area contributed by atoms with Crippen LogP contribution >= 0.6 is 0 Å². The molecule has 1 N–H and O–H groups in total. The Labute approximate surface area is 88.1 Å². The summed E-state index contributed by atoms with van der Waals surface area (Å²) in [5, 5.41) is 3.19. The molecule has 2 aliphatic rings. The second kappa shape index (κ2) is 3.81. The molecule has 4 atom stereocenters. The van der Waals surface area contributed by atoms with Crippen LogP contribution in [0.5, 0.6) is 0 Å². The lowest BCUT2D eigenvalue weighted by Crippen LogP contribution is -2.54. The number of fused-ring (bicyclic) bond motifs is 1. The molecule has 0 spiro atoms. The van der Waals surface area contributed by atoms with E-state index in [9.17, 15) is 9.59 Å². The zero-order chi connectivity index (χ0) is 11.0. The molecule has 1 saturated heterocycles. The van der Waals surface area contributed by atoms with E-state index in [4.69, 9.17) is 9.47 Å². The molecule has 5 heteroatoms. The second-order valence-corrected chi connectivity index (χ2v) is 4.08. The summed E-state index contributed by atoms with van der Waals surface area (Å²) < 4.78 is 9.43. The minimum atomic E-state index is -0.317. The summed E-state index contributed by atoms with van der Waals surface area (Å²) >= 11 is 0. The van der Waals surface area contributed by atoms with Crippen LogP contribution in [0.15, 0.2) is 0 Å². The Bertz CT molecular complexity index is 263. The van der Waals surface area contributed by atoms with Crippen molar-refractivity contribution in [2.45, 2.75) is 0 Å². The van der Waals surface area contributed by atoms with E-state index in [0.29, 0.717) is 0 Å². The van der Waals surface area contributed by atoms with Gasteiger partial charge in [0.1, 0.15) is 0 Å². The van der Waals surface area contributed by atoms with Crippen molar-refractivity contribution in [2.75, 3.05) is 27.3 Å². The predicted molar refractivity (Wildman–Crippen MR) is 50.9 cm³/mol. The zero-order valence-corrected chi connectivity index (χ0v) is 8.86. The van der Waals surface area contributed by atoms with Gasteiger partial charge in [-0.1, -0.05) is 0 Å². The van der Waals surface area contributed by atoms with E-state index < -0.39 is 0 Å². The van der Waals surface area contributed by atoms with Crippen LogP contribution < -0.4 is 5.32 Å². The van der Waals surface area contributed by atoms with E-state index in [1.165, 1.54) is 14.2 Å². The fraction of sp³-hybridized carbons (Fsp3) is 0.800. The molecule has 0 amide bonds. The zero-order valence-electron chi connectivity index (χ0n) is 8.86. The number of rotatable bonds is 2. The predicted octanol–water partition coefficient (Wildman–Crippen LogP) is -0.586. The minimum Gasteiger partial charge on any atom is -0.469 e. The number of ether oxygens (including phenoxy) is 2. The molecule has 15 heavy (non-hydrogen) atoms. The second-order valence-electron chi connectivity index (χ2n) is 4.08. The third kappa shape index (κ3) is 1.42. The summed E-state index contributed by atoms with van der Waals surface area (Å²) in [6, 6.07) is 0. The average Bonchev–Trinajstić information content (AvgIpc) is 2.62. The van der Waals surface area contributed by atoms with Gasteiger partial charge in [0.15, 0.2) is 0 Å². The molecular formula is C10H15NO4. The fourth-order valence-corrected chi connectivity index (χ4v) is 2.81. The topological polar surface area (TPSA) is 64.6 Å². The summed E-state index contributed by atoms with van der Waals surface area (Å²) in [7, 11) is 2.71. The Morgan fingerprint density at radius 1 is 1.00 bits per heavy atom. The summed E-state index contributed by atoms with van der Waals surface area (Å²) in [6.45, 7) is 1.58. The highest BCUT2D eigenvalue weighted by Crippen LogP contribution is 2.49. The van der Waals surface area contributed by atoms with Crippen molar-refractivity contribution in [3.05, 3.63) is 0 Å². The van der Waals surface area contributed by atoms with Gasteiger partial charge in [-0.05, 0) is 24.9 Å². The lowest BCUT2D eigenvalue weighted by atomic mass is 9.58. The first kappa shape index (κ1) is 10.4. The number of carbonyl (C=O) groups is 2. The summed E-state index contributed by atoms with van der Waals surface area (Å²) in [5.41, 5.74) is 0. The van der Waals surface area contributed by atoms with Crippen LogP contribution in [0, 0.1) is 23.7 Å². The molecule has 5 nitrogen and oxygen atoms in total. The molecule has 2 rings (SSSR count). The molecule has 0 aromatic rings. The van der Waals surface area contributed by atoms with Crippen LogP contribution in [0.1, 0.15) is 0 Å². The summed E-state index contributed by atoms with van der Waals surface area (Å²) in [6.07, 6.45) is 0. The number of hydrogen-bond acceptors (Lipinski definition) is 5. The van der Waals surface area contributed by atoms with E-state index >= 15 is 0 Å². The van der Waals surface area contributed by atoms with Crippen molar-refractivity contribution in [3.8, 4) is 0 Å². The number of carbonyl (C=O) groups excluding carboxylic acids is 2. The Kier molecular flexibility index (Phi) is 2.65. The van der Waals surface area contributed by atoms with Gasteiger partial charge in [-0.3, -0.25) is 9.59 Å². The molecule has 0 aromatic carbocycles. The molecule has 0 radical (unpaired) electrons. The highest BCUT2D eigenvalue weighted by molar-refractivity contribution is 5.85. The molecule has 2 fully saturated rings. The van der Waals surface area contributed by atoms with Crippen molar-refractivity contribution >= 4 is 11.9 Å². The van der Waals surface area contributed by atoms with Crippen LogP contribution in [0.3, 0.4) is 0 Å². The quantitative estimate of drug-likeness (QED) is 0.621. The van der Waals surface area contributed by atoms with E-state index in [2.05, 4.69) is 5.32 Å². The van der Waals surface area contributed by atoms with Crippen molar-refractivity contribution in [2.24, 2.45) is 23.7 Å². The Morgan fingerprint density at radius 2 is 1.40 bits per heavy atom. The highest BCUT2D eigenvalue weighted by Gasteiger charge is 2.59. The first-order chi connectivity index (χ1) is 7.20. The van der Waals surface area contributed by atoms with Gasteiger partial charge in [0.05, 0.1) is 26.1 Å². The minimum absolute atomic E-state index is 0.238. The van der Waals surface area contributed by atoms with Crippen molar-refractivity contribution in [1.29, 1.82) is 0 Å². The van der Waals surface area contributed by atoms with Gasteiger partial charge in [-0.25, -0.2) is 0 Å². The monoisotopic (exact) mass is 213 g/mol. The maximum Gasteiger partial charge on any atom is 0.309 e. The lowest BCUT2D eigenvalue weighted by Gasteiger charge is -2.44. The molecule has 0 unspecified atom stereocenters. The van der Waals surface area contributed by atoms with Crippen molar-refractivity contribution in [1.82, 2.24) is 5.32 Å². The van der Waals surface area contributed by atoms with Crippen LogP contribution in [0.4, 0.5) is 0 Å². The first-order valence-corrected chi connectivity index (χ1v) is 5.07. The maximum atomic E-state index is 11.5. The Balaban J connectivity index is 2.13. The SMILES string of the molecule is COC(=O)[C@@H]1[C@H]2CNC[C@H]2[C@@H]1C(=O)OC. The molecule has 1 heterocycles. The molecular weight excluding hydrogens is 198 g/mol. The number of hydrogen-bond donors (Lipinski definition) is 1. The van der Waals surface area contributed by atoms with Crippen LogP contribution in [0.2, 0.25) is 0 Å². The summed E-state index contributed by atoms with van der Waals surface area (Å²) in [4.78, 5) is 23.0. The lowest BCUT2D eigenvalue weighted by molar-refractivity contribution is -0.174. The Morgan fingerprint density at radius 3 is 1.73 bits per heavy atom. The molecule has 0 bridgehead atoms. The standard InChI is InChI=1S/C10H15NO4/c1-14-9(12)7-5-3-11-4-6(5)8(7)10(13)15-2/h5-8,11H,3-4H2,1-2H3/t5-,6+,7+,8-.